The maximum absolute atomic E-state index is 11.9. The van der Waals surface area contributed by atoms with Gasteiger partial charge < -0.3 is 14.4 Å². The summed E-state index contributed by atoms with van der Waals surface area (Å²) in [6.45, 7) is 0. The number of ether oxygens (including phenoxy) is 2. The summed E-state index contributed by atoms with van der Waals surface area (Å²) in [7, 11) is 6.71. The minimum atomic E-state index is -0.404. The number of hydrogen-bond donors (Lipinski definition) is 0. The number of nitrogens with zero attached hydrogens (tertiary/aromatic N) is 2. The molecule has 0 amide bonds. The molecule has 0 aliphatic rings. The highest BCUT2D eigenvalue weighted by Crippen LogP contribution is 2.29. The van der Waals surface area contributed by atoms with Gasteiger partial charge in [0.2, 0.25) is 0 Å². The molecule has 0 fully saturated rings. The molecule has 0 bridgehead atoms. The highest BCUT2D eigenvalue weighted by Gasteiger charge is 2.13. The van der Waals surface area contributed by atoms with Crippen molar-refractivity contribution in [1.29, 1.82) is 0 Å². The standard InChI is InChI=1S/C16H18N2O3/c1-18(2)10-17-15-9-12-7-13(20-3)6-5-11(12)8-14(15)16(19)21-4/h5-10H,1-4H3. The lowest BCUT2D eigenvalue weighted by Crippen LogP contribution is -2.08. The molecule has 0 aliphatic carbocycles. The molecule has 0 unspecified atom stereocenters. The summed E-state index contributed by atoms with van der Waals surface area (Å²) in [4.78, 5) is 18.1. The van der Waals surface area contributed by atoms with Crippen LogP contribution in [-0.4, -0.2) is 45.5 Å². The van der Waals surface area contributed by atoms with Gasteiger partial charge in [0.05, 0.1) is 31.8 Å². The molecule has 0 saturated carbocycles. The van der Waals surface area contributed by atoms with E-state index < -0.39 is 5.97 Å². The normalized spacial score (nSPS) is 10.9. The number of hydrogen-bond acceptors (Lipinski definition) is 4. The van der Waals surface area contributed by atoms with Crippen molar-refractivity contribution in [3.63, 3.8) is 0 Å². The molecule has 0 spiro atoms. The Morgan fingerprint density at radius 1 is 1.14 bits per heavy atom. The summed E-state index contributed by atoms with van der Waals surface area (Å²) >= 11 is 0. The Balaban J connectivity index is 2.62. The zero-order valence-corrected chi connectivity index (χ0v) is 12.6. The van der Waals surface area contributed by atoms with Crippen LogP contribution in [0.25, 0.3) is 10.8 Å². The summed E-state index contributed by atoms with van der Waals surface area (Å²) < 4.78 is 10.0. The first-order valence-corrected chi connectivity index (χ1v) is 6.46. The van der Waals surface area contributed by atoms with E-state index >= 15 is 0 Å². The molecule has 110 valence electrons. The van der Waals surface area contributed by atoms with E-state index in [0.717, 1.165) is 16.5 Å². The molecule has 0 radical (unpaired) electrons. The van der Waals surface area contributed by atoms with Crippen LogP contribution in [0.5, 0.6) is 5.75 Å². The second-order valence-corrected chi connectivity index (χ2v) is 4.78. The molecule has 5 nitrogen and oxygen atoms in total. The maximum Gasteiger partial charge on any atom is 0.340 e. The van der Waals surface area contributed by atoms with E-state index in [0.29, 0.717) is 11.3 Å². The second kappa shape index (κ2) is 6.26. The van der Waals surface area contributed by atoms with Gasteiger partial charge in [-0.25, -0.2) is 9.79 Å². The van der Waals surface area contributed by atoms with Gasteiger partial charge in [-0.3, -0.25) is 0 Å². The summed E-state index contributed by atoms with van der Waals surface area (Å²) in [5.74, 6) is 0.356. The van der Waals surface area contributed by atoms with Gasteiger partial charge in [0, 0.05) is 14.1 Å². The summed E-state index contributed by atoms with van der Waals surface area (Å²) in [6.07, 6.45) is 1.65. The molecule has 2 aromatic rings. The number of rotatable bonds is 4. The Labute approximate surface area is 123 Å². The van der Waals surface area contributed by atoms with E-state index in [2.05, 4.69) is 4.99 Å². The van der Waals surface area contributed by atoms with Gasteiger partial charge in [0.1, 0.15) is 5.75 Å². The largest absolute Gasteiger partial charge is 0.497 e. The minimum Gasteiger partial charge on any atom is -0.497 e. The fraction of sp³-hybridized carbons (Fsp3) is 0.250. The van der Waals surface area contributed by atoms with E-state index in [-0.39, 0.29) is 0 Å². The van der Waals surface area contributed by atoms with Crippen LogP contribution in [0.2, 0.25) is 0 Å². The lowest BCUT2D eigenvalue weighted by Gasteiger charge is -2.09. The predicted octanol–water partition coefficient (Wildman–Crippen LogP) is 2.86. The molecule has 21 heavy (non-hydrogen) atoms. The number of fused-ring (bicyclic) bond motifs is 1. The fourth-order valence-corrected chi connectivity index (χ4v) is 1.95. The van der Waals surface area contributed by atoms with E-state index in [9.17, 15) is 4.79 Å². The first kappa shape index (κ1) is 14.8. The molecule has 2 aromatic carbocycles. The molecule has 0 atom stereocenters. The van der Waals surface area contributed by atoms with Crippen molar-refractivity contribution in [1.82, 2.24) is 4.90 Å². The SMILES string of the molecule is COC(=O)c1cc2ccc(OC)cc2cc1N=CN(C)C. The first-order valence-electron chi connectivity index (χ1n) is 6.46. The third-order valence-electron chi connectivity index (χ3n) is 3.00. The van der Waals surface area contributed by atoms with Gasteiger partial charge in [-0.05, 0) is 35.0 Å². The van der Waals surface area contributed by atoms with Crippen LogP contribution in [0.4, 0.5) is 5.69 Å². The van der Waals surface area contributed by atoms with Crippen molar-refractivity contribution in [2.75, 3.05) is 28.3 Å². The highest BCUT2D eigenvalue weighted by molar-refractivity contribution is 6.01. The molecular formula is C16H18N2O3. The average Bonchev–Trinajstić information content (AvgIpc) is 2.50. The van der Waals surface area contributed by atoms with E-state index in [4.69, 9.17) is 9.47 Å². The van der Waals surface area contributed by atoms with Crippen LogP contribution in [0.15, 0.2) is 35.3 Å². The molecule has 2 rings (SSSR count). The lowest BCUT2D eigenvalue weighted by atomic mass is 10.0. The van der Waals surface area contributed by atoms with Gasteiger partial charge in [0.15, 0.2) is 0 Å². The Hall–Kier alpha value is -2.56. The molecular weight excluding hydrogens is 268 g/mol. The molecule has 0 N–H and O–H groups in total. The number of aliphatic imine (C=N–C) groups is 1. The molecule has 0 saturated heterocycles. The third kappa shape index (κ3) is 3.31. The van der Waals surface area contributed by atoms with E-state index in [1.54, 1.807) is 24.4 Å². The van der Waals surface area contributed by atoms with Crippen molar-refractivity contribution in [2.45, 2.75) is 0 Å². The summed E-state index contributed by atoms with van der Waals surface area (Å²) in [5.41, 5.74) is 1.00. The van der Waals surface area contributed by atoms with Crippen LogP contribution in [0.1, 0.15) is 10.4 Å². The summed E-state index contributed by atoms with van der Waals surface area (Å²) in [5, 5.41) is 1.88. The molecule has 5 heteroatoms. The van der Waals surface area contributed by atoms with Crippen molar-refractivity contribution in [3.8, 4) is 5.75 Å². The van der Waals surface area contributed by atoms with E-state index in [1.165, 1.54) is 7.11 Å². The highest BCUT2D eigenvalue weighted by atomic mass is 16.5. The van der Waals surface area contributed by atoms with Crippen LogP contribution < -0.4 is 4.74 Å². The van der Waals surface area contributed by atoms with Crippen molar-refractivity contribution in [3.05, 3.63) is 35.9 Å². The van der Waals surface area contributed by atoms with Crippen molar-refractivity contribution >= 4 is 28.8 Å². The Morgan fingerprint density at radius 2 is 1.90 bits per heavy atom. The topological polar surface area (TPSA) is 51.1 Å². The molecule has 0 heterocycles. The Kier molecular flexibility index (Phi) is 4.42. The zero-order valence-electron chi connectivity index (χ0n) is 12.6. The zero-order chi connectivity index (χ0) is 15.4. The quantitative estimate of drug-likeness (QED) is 0.492. The molecule has 0 aromatic heterocycles. The number of benzene rings is 2. The van der Waals surface area contributed by atoms with Crippen LogP contribution in [0, 0.1) is 0 Å². The minimum absolute atomic E-state index is 0.404. The smallest absolute Gasteiger partial charge is 0.340 e. The fourth-order valence-electron chi connectivity index (χ4n) is 1.95. The number of carbonyl (C=O) groups excluding carboxylic acids is 1. The number of carbonyl (C=O) groups is 1. The van der Waals surface area contributed by atoms with Gasteiger partial charge >= 0.3 is 5.97 Å². The van der Waals surface area contributed by atoms with Gasteiger partial charge in [-0.2, -0.15) is 0 Å². The second-order valence-electron chi connectivity index (χ2n) is 4.78. The monoisotopic (exact) mass is 286 g/mol. The van der Waals surface area contributed by atoms with Gasteiger partial charge in [0.25, 0.3) is 0 Å². The maximum atomic E-state index is 11.9. The van der Waals surface area contributed by atoms with Crippen LogP contribution >= 0.6 is 0 Å². The number of methoxy groups -OCH3 is 2. The van der Waals surface area contributed by atoms with Crippen molar-refractivity contribution in [2.24, 2.45) is 4.99 Å². The van der Waals surface area contributed by atoms with Crippen LogP contribution in [-0.2, 0) is 4.74 Å². The number of esters is 1. The third-order valence-corrected chi connectivity index (χ3v) is 3.00. The first-order chi connectivity index (χ1) is 10.0. The van der Waals surface area contributed by atoms with E-state index in [1.807, 2.05) is 38.4 Å². The lowest BCUT2D eigenvalue weighted by molar-refractivity contribution is 0.0602. The average molecular weight is 286 g/mol. The Bertz CT molecular complexity index is 693. The Morgan fingerprint density at radius 3 is 2.52 bits per heavy atom. The predicted molar refractivity (Wildman–Crippen MR) is 83.7 cm³/mol. The van der Waals surface area contributed by atoms with Gasteiger partial charge in [-0.15, -0.1) is 0 Å². The molecule has 0 aliphatic heterocycles. The van der Waals surface area contributed by atoms with Crippen LogP contribution in [0.3, 0.4) is 0 Å². The van der Waals surface area contributed by atoms with Crippen molar-refractivity contribution < 1.29 is 14.3 Å². The van der Waals surface area contributed by atoms with Gasteiger partial charge in [-0.1, -0.05) is 6.07 Å². The summed E-state index contributed by atoms with van der Waals surface area (Å²) in [6, 6.07) is 9.30.